The maximum atomic E-state index is 11.9. The fourth-order valence-electron chi connectivity index (χ4n) is 2.32. The second-order valence-electron chi connectivity index (χ2n) is 4.45. The quantitative estimate of drug-likeness (QED) is 0.764. The highest BCUT2D eigenvalue weighted by atomic mass is 31.2. The molecule has 0 fully saturated rings. The first kappa shape index (κ1) is 11.7. The van der Waals surface area contributed by atoms with Crippen LogP contribution in [-0.2, 0) is 4.57 Å². The largest absolute Gasteiger partial charge is 0.647 e. The summed E-state index contributed by atoms with van der Waals surface area (Å²) in [5.41, 5.74) is 0.943. The molecule has 2 bridgehead atoms. The van der Waals surface area contributed by atoms with Gasteiger partial charge in [0.25, 0.3) is 0 Å². The van der Waals surface area contributed by atoms with Gasteiger partial charge in [-0.25, -0.2) is 0 Å². The van der Waals surface area contributed by atoms with Gasteiger partial charge in [0.15, 0.2) is 5.75 Å². The van der Waals surface area contributed by atoms with Crippen molar-refractivity contribution in [3.63, 3.8) is 0 Å². The molecule has 1 aromatic rings. The number of phosphoric ester groups is 1. The highest BCUT2D eigenvalue weighted by Gasteiger charge is 2.51. The predicted octanol–water partition coefficient (Wildman–Crippen LogP) is 3.58. The molecule has 18 heavy (non-hydrogen) atoms. The highest BCUT2D eigenvalue weighted by molar-refractivity contribution is 7.50. The van der Waals surface area contributed by atoms with E-state index in [0.717, 1.165) is 31.6 Å². The van der Waals surface area contributed by atoms with Crippen molar-refractivity contribution in [2.24, 2.45) is 0 Å². The number of anilines is 1. The van der Waals surface area contributed by atoms with Gasteiger partial charge in [0.1, 0.15) is 0 Å². The van der Waals surface area contributed by atoms with Crippen LogP contribution in [-0.4, -0.2) is 13.1 Å². The number of fused-ring (bicyclic) bond motifs is 1. The van der Waals surface area contributed by atoms with E-state index in [1.807, 2.05) is 6.07 Å². The van der Waals surface area contributed by atoms with Gasteiger partial charge in [0.2, 0.25) is 11.5 Å². The van der Waals surface area contributed by atoms with E-state index in [-0.39, 0.29) is 0 Å². The normalized spacial score (nSPS) is 22.3. The molecule has 1 aromatic carbocycles. The Balaban J connectivity index is 2.00. The van der Waals surface area contributed by atoms with E-state index >= 15 is 0 Å². The monoisotopic (exact) mass is 269 g/mol. The molecule has 0 spiro atoms. The fraction of sp³-hybridized carbons (Fsp3) is 0.500. The van der Waals surface area contributed by atoms with Crippen molar-refractivity contribution in [2.45, 2.75) is 26.7 Å². The lowest BCUT2D eigenvalue weighted by Crippen LogP contribution is -2.25. The zero-order chi connectivity index (χ0) is 12.8. The summed E-state index contributed by atoms with van der Waals surface area (Å²) in [4.78, 5) is 2.23. The van der Waals surface area contributed by atoms with Crippen molar-refractivity contribution < 1.29 is 18.1 Å². The Morgan fingerprint density at radius 1 is 1.06 bits per heavy atom. The smallest absolute Gasteiger partial charge is 0.382 e. The standard InChI is InChI=1S/C12H16NO4P/c1-3-7-13(8-4-2)9-5-6-10-12-11(9)16-18(14,15-10)17-12/h5-6H,3-4,7-8H2,1-2H3. The summed E-state index contributed by atoms with van der Waals surface area (Å²) in [6.07, 6.45) is 2.09. The second kappa shape index (κ2) is 4.09. The Hall–Kier alpha value is -1.35. The van der Waals surface area contributed by atoms with Gasteiger partial charge in [-0.1, -0.05) is 13.8 Å². The number of nitrogens with zero attached hydrogens (tertiary/aromatic N) is 1. The number of rotatable bonds is 5. The fourth-order valence-corrected chi connectivity index (χ4v) is 3.62. The van der Waals surface area contributed by atoms with E-state index < -0.39 is 7.82 Å². The molecular formula is C12H16NO4P. The molecular weight excluding hydrogens is 253 g/mol. The summed E-state index contributed by atoms with van der Waals surface area (Å²) in [7, 11) is -3.38. The lowest BCUT2D eigenvalue weighted by Gasteiger charge is -2.25. The molecule has 5 nitrogen and oxygen atoms in total. The maximum Gasteiger partial charge on any atom is 0.647 e. The topological polar surface area (TPSA) is 48.0 Å². The van der Waals surface area contributed by atoms with Crippen LogP contribution in [0.25, 0.3) is 0 Å². The van der Waals surface area contributed by atoms with E-state index in [1.165, 1.54) is 0 Å². The van der Waals surface area contributed by atoms with Crippen LogP contribution >= 0.6 is 7.82 Å². The molecule has 0 radical (unpaired) electrons. The minimum absolute atomic E-state index is 0.494. The molecule has 1 atom stereocenters. The first-order chi connectivity index (χ1) is 8.67. The van der Waals surface area contributed by atoms with Crippen LogP contribution in [0.4, 0.5) is 5.69 Å². The Morgan fingerprint density at radius 3 is 2.33 bits per heavy atom. The van der Waals surface area contributed by atoms with Crippen molar-refractivity contribution in [1.29, 1.82) is 0 Å². The first-order valence-electron chi connectivity index (χ1n) is 6.27. The predicted molar refractivity (Wildman–Crippen MR) is 68.7 cm³/mol. The third kappa shape index (κ3) is 1.65. The third-order valence-corrected chi connectivity index (χ3v) is 4.23. The van der Waals surface area contributed by atoms with Gasteiger partial charge in [-0.05, 0) is 25.0 Å². The number of hydrogen-bond acceptors (Lipinski definition) is 5. The van der Waals surface area contributed by atoms with Crippen LogP contribution in [0, 0.1) is 0 Å². The van der Waals surface area contributed by atoms with Crippen LogP contribution in [0.5, 0.6) is 17.2 Å². The molecule has 3 rings (SSSR count). The van der Waals surface area contributed by atoms with Gasteiger partial charge < -0.3 is 18.5 Å². The molecule has 2 aliphatic rings. The van der Waals surface area contributed by atoms with Crippen molar-refractivity contribution >= 4 is 13.5 Å². The highest BCUT2D eigenvalue weighted by Crippen LogP contribution is 2.70. The van der Waals surface area contributed by atoms with Gasteiger partial charge >= 0.3 is 7.82 Å². The third-order valence-electron chi connectivity index (χ3n) is 3.00. The lowest BCUT2D eigenvalue weighted by molar-refractivity contribution is 0.354. The van der Waals surface area contributed by atoms with Crippen LogP contribution in [0.1, 0.15) is 26.7 Å². The van der Waals surface area contributed by atoms with Gasteiger partial charge in [-0.15, -0.1) is 0 Å². The van der Waals surface area contributed by atoms with Crippen LogP contribution in [0.15, 0.2) is 12.1 Å². The molecule has 0 N–H and O–H groups in total. The first-order valence-corrected chi connectivity index (χ1v) is 7.73. The van der Waals surface area contributed by atoms with Crippen molar-refractivity contribution in [3.8, 4) is 17.2 Å². The van der Waals surface area contributed by atoms with Gasteiger partial charge in [-0.2, -0.15) is 4.57 Å². The summed E-state index contributed by atoms with van der Waals surface area (Å²) in [6.45, 7) is 6.14. The minimum atomic E-state index is -3.38. The Kier molecular flexibility index (Phi) is 2.67. The van der Waals surface area contributed by atoms with E-state index in [0.29, 0.717) is 17.2 Å². The second-order valence-corrected chi connectivity index (χ2v) is 5.89. The van der Waals surface area contributed by atoms with Crippen molar-refractivity contribution in [2.75, 3.05) is 18.0 Å². The molecule has 0 aromatic heterocycles. The Labute approximate surface area is 106 Å². The van der Waals surface area contributed by atoms with Gasteiger partial charge in [-0.3, -0.25) is 0 Å². The van der Waals surface area contributed by atoms with E-state index in [9.17, 15) is 4.57 Å². The Bertz CT molecular complexity index is 525. The molecule has 6 heteroatoms. The number of benzene rings is 1. The molecule has 0 saturated heterocycles. The minimum Gasteiger partial charge on any atom is -0.382 e. The molecule has 2 aliphatic heterocycles. The summed E-state index contributed by atoms with van der Waals surface area (Å²) in [5, 5.41) is 0. The number of hydrogen-bond donors (Lipinski definition) is 0. The molecule has 0 amide bonds. The maximum absolute atomic E-state index is 11.9. The average molecular weight is 269 g/mol. The molecule has 1 unspecified atom stereocenters. The molecule has 0 saturated carbocycles. The zero-order valence-corrected chi connectivity index (χ0v) is 11.4. The van der Waals surface area contributed by atoms with E-state index in [4.69, 9.17) is 13.6 Å². The van der Waals surface area contributed by atoms with Crippen LogP contribution in [0.2, 0.25) is 0 Å². The summed E-state index contributed by atoms with van der Waals surface area (Å²) in [6, 6.07) is 3.74. The van der Waals surface area contributed by atoms with E-state index in [2.05, 4.69) is 18.7 Å². The lowest BCUT2D eigenvalue weighted by atomic mass is 10.2. The molecule has 0 aliphatic carbocycles. The van der Waals surface area contributed by atoms with Crippen LogP contribution in [0.3, 0.4) is 0 Å². The SMILES string of the molecule is CCCN(CCC)c1ccc2c3c1OP(=O)(O2)O3. The van der Waals surface area contributed by atoms with E-state index in [1.54, 1.807) is 6.07 Å². The molecule has 2 heterocycles. The summed E-state index contributed by atoms with van der Waals surface area (Å²) >= 11 is 0. The van der Waals surface area contributed by atoms with Crippen LogP contribution < -0.4 is 18.5 Å². The number of phosphoric acid groups is 1. The van der Waals surface area contributed by atoms with Gasteiger partial charge in [0.05, 0.1) is 5.69 Å². The van der Waals surface area contributed by atoms with Crippen molar-refractivity contribution in [3.05, 3.63) is 12.1 Å². The summed E-state index contributed by atoms with van der Waals surface area (Å²) in [5.74, 6) is 1.59. The van der Waals surface area contributed by atoms with Gasteiger partial charge in [0, 0.05) is 13.1 Å². The average Bonchev–Trinajstić information content (AvgIpc) is 2.82. The summed E-state index contributed by atoms with van der Waals surface area (Å²) < 4.78 is 27.6. The van der Waals surface area contributed by atoms with Crippen molar-refractivity contribution in [1.82, 2.24) is 0 Å². The zero-order valence-electron chi connectivity index (χ0n) is 10.5. The Morgan fingerprint density at radius 2 is 1.72 bits per heavy atom. The molecule has 98 valence electrons.